The lowest BCUT2D eigenvalue weighted by Gasteiger charge is -1.99. The van der Waals surface area contributed by atoms with Crippen molar-refractivity contribution >= 4 is 27.0 Å². The maximum Gasteiger partial charge on any atom is 0.287 e. The minimum absolute atomic E-state index is 0.211. The summed E-state index contributed by atoms with van der Waals surface area (Å²) < 4.78 is 13.6. The zero-order valence-electron chi connectivity index (χ0n) is 7.01. The van der Waals surface area contributed by atoms with E-state index in [4.69, 9.17) is 5.26 Å². The van der Waals surface area contributed by atoms with Gasteiger partial charge in [-0.1, -0.05) is 15.9 Å². The van der Waals surface area contributed by atoms with Crippen molar-refractivity contribution in [1.82, 2.24) is 9.97 Å². The summed E-state index contributed by atoms with van der Waals surface area (Å²) in [5.74, 6) is 0. The molecule has 1 heterocycles. The Morgan fingerprint density at radius 1 is 1.57 bits per heavy atom. The molecule has 0 saturated carbocycles. The lowest BCUT2D eigenvalue weighted by Crippen LogP contribution is -1.86. The molecule has 0 amide bonds. The first-order valence-corrected chi connectivity index (χ1v) is 4.71. The Bertz CT molecular complexity index is 527. The van der Waals surface area contributed by atoms with E-state index in [1.165, 1.54) is 0 Å². The van der Waals surface area contributed by atoms with Crippen LogP contribution in [0.4, 0.5) is 4.39 Å². The summed E-state index contributed by atoms with van der Waals surface area (Å²) in [6.45, 7) is 0. The molecule has 0 spiro atoms. The molecule has 0 radical (unpaired) electrons. The summed E-state index contributed by atoms with van der Waals surface area (Å²) >= 11 is 3.30. The second-order valence-electron chi connectivity index (χ2n) is 2.78. The summed E-state index contributed by atoms with van der Waals surface area (Å²) in [5, 5.41) is 8.61. The van der Waals surface area contributed by atoms with Gasteiger partial charge >= 0.3 is 0 Å². The van der Waals surface area contributed by atoms with Crippen LogP contribution < -0.4 is 0 Å². The summed E-state index contributed by atoms with van der Waals surface area (Å²) in [6.07, 6.45) is -0.417. The van der Waals surface area contributed by atoms with Crippen LogP contribution in [0.25, 0.3) is 11.0 Å². The van der Waals surface area contributed by atoms with Crippen LogP contribution in [0.3, 0.4) is 0 Å². The highest BCUT2D eigenvalue weighted by atomic mass is 79.9. The monoisotopic (exact) mass is 253 g/mol. The lowest BCUT2D eigenvalue weighted by molar-refractivity contribution is 0.556. The Morgan fingerprint density at radius 3 is 3.07 bits per heavy atom. The number of hydrogen-bond donors (Lipinski definition) is 1. The topological polar surface area (TPSA) is 52.5 Å². The number of hydrogen-bond acceptors (Lipinski definition) is 2. The molecule has 1 aromatic carbocycles. The number of imidazole rings is 1. The van der Waals surface area contributed by atoms with E-state index in [0.717, 1.165) is 4.47 Å². The Kier molecular flexibility index (Phi) is 2.22. The number of aromatic nitrogens is 2. The van der Waals surface area contributed by atoms with E-state index < -0.39 is 6.08 Å². The molecule has 1 aromatic heterocycles. The highest BCUT2D eigenvalue weighted by Crippen LogP contribution is 2.25. The molecule has 14 heavy (non-hydrogen) atoms. The van der Waals surface area contributed by atoms with Crippen molar-refractivity contribution in [2.24, 2.45) is 0 Å². The third-order valence-electron chi connectivity index (χ3n) is 1.93. The molecule has 2 rings (SSSR count). The fourth-order valence-corrected chi connectivity index (χ4v) is 1.78. The van der Waals surface area contributed by atoms with Gasteiger partial charge < -0.3 is 4.98 Å². The maximum absolute atomic E-state index is 12.8. The van der Waals surface area contributed by atoms with Gasteiger partial charge in [0.05, 0.1) is 23.5 Å². The molecule has 0 aliphatic rings. The highest BCUT2D eigenvalue weighted by Gasteiger charge is 2.09. The molecular weight excluding hydrogens is 249 g/mol. The summed E-state index contributed by atoms with van der Waals surface area (Å²) in [7, 11) is 0. The van der Waals surface area contributed by atoms with Gasteiger partial charge in [-0.05, 0) is 12.1 Å². The molecule has 0 unspecified atom stereocenters. The van der Waals surface area contributed by atoms with E-state index in [2.05, 4.69) is 25.9 Å². The third kappa shape index (κ3) is 1.38. The van der Waals surface area contributed by atoms with Gasteiger partial charge in [0, 0.05) is 10.0 Å². The molecule has 5 heteroatoms. The maximum atomic E-state index is 12.8. The molecule has 1 N–H and O–H groups in total. The number of H-pyrrole nitrogens is 1. The van der Waals surface area contributed by atoms with Crippen molar-refractivity contribution in [2.45, 2.75) is 6.42 Å². The summed E-state index contributed by atoms with van der Waals surface area (Å²) in [4.78, 5) is 6.17. The van der Waals surface area contributed by atoms with E-state index in [-0.39, 0.29) is 6.42 Å². The van der Waals surface area contributed by atoms with Gasteiger partial charge in [0.1, 0.15) is 0 Å². The second kappa shape index (κ2) is 3.39. The van der Waals surface area contributed by atoms with Crippen molar-refractivity contribution < 1.29 is 4.39 Å². The molecule has 2 aromatic rings. The van der Waals surface area contributed by atoms with Crippen LogP contribution in [0, 0.1) is 17.4 Å². The quantitative estimate of drug-likeness (QED) is 0.850. The molecule has 0 saturated heterocycles. The van der Waals surface area contributed by atoms with Gasteiger partial charge in [0.2, 0.25) is 0 Å². The third-order valence-corrected chi connectivity index (χ3v) is 2.67. The van der Waals surface area contributed by atoms with Gasteiger partial charge in [-0.2, -0.15) is 9.65 Å². The minimum Gasteiger partial charge on any atom is -0.314 e. The highest BCUT2D eigenvalue weighted by molar-refractivity contribution is 9.10. The largest absolute Gasteiger partial charge is 0.314 e. The number of nitrogens with zero attached hydrogens (tertiary/aromatic N) is 2. The SMILES string of the molecule is N#CCc1c(Br)ccc2[nH]c(F)nc12. The average molecular weight is 254 g/mol. The van der Waals surface area contributed by atoms with Crippen LogP contribution in [0.15, 0.2) is 16.6 Å². The Balaban J connectivity index is 2.76. The number of nitrogens with one attached hydrogen (secondary N) is 1. The Hall–Kier alpha value is -1.41. The number of rotatable bonds is 1. The van der Waals surface area contributed by atoms with Crippen LogP contribution in [-0.4, -0.2) is 9.97 Å². The number of aromatic amines is 1. The summed E-state index contributed by atoms with van der Waals surface area (Å²) in [5.41, 5.74) is 1.83. The molecule has 0 aliphatic carbocycles. The average Bonchev–Trinajstić information content (AvgIpc) is 2.51. The molecule has 3 nitrogen and oxygen atoms in total. The van der Waals surface area contributed by atoms with E-state index in [1.54, 1.807) is 12.1 Å². The van der Waals surface area contributed by atoms with Crippen molar-refractivity contribution in [1.29, 1.82) is 5.26 Å². The predicted molar refractivity (Wildman–Crippen MR) is 53.1 cm³/mol. The van der Waals surface area contributed by atoms with E-state index in [1.807, 2.05) is 6.07 Å². The van der Waals surface area contributed by atoms with Crippen LogP contribution >= 0.6 is 15.9 Å². The van der Waals surface area contributed by atoms with Gasteiger partial charge in [-0.25, -0.2) is 4.98 Å². The van der Waals surface area contributed by atoms with E-state index in [9.17, 15) is 4.39 Å². The van der Waals surface area contributed by atoms with Crippen molar-refractivity contribution in [2.75, 3.05) is 0 Å². The lowest BCUT2D eigenvalue weighted by atomic mass is 10.1. The number of halogens is 2. The van der Waals surface area contributed by atoms with Gasteiger partial charge in [-0.15, -0.1) is 0 Å². The normalized spacial score (nSPS) is 10.4. The van der Waals surface area contributed by atoms with Crippen LogP contribution in [0.2, 0.25) is 0 Å². The van der Waals surface area contributed by atoms with Gasteiger partial charge in [0.25, 0.3) is 6.08 Å². The van der Waals surface area contributed by atoms with E-state index in [0.29, 0.717) is 16.6 Å². The smallest absolute Gasteiger partial charge is 0.287 e. The number of benzene rings is 1. The first-order valence-electron chi connectivity index (χ1n) is 3.92. The Labute approximate surface area is 87.7 Å². The van der Waals surface area contributed by atoms with Crippen LogP contribution in [-0.2, 0) is 6.42 Å². The Morgan fingerprint density at radius 2 is 2.36 bits per heavy atom. The van der Waals surface area contributed by atoms with Gasteiger partial charge in [-0.3, -0.25) is 0 Å². The van der Waals surface area contributed by atoms with E-state index >= 15 is 0 Å². The second-order valence-corrected chi connectivity index (χ2v) is 3.64. The predicted octanol–water partition coefficient (Wildman–Crippen LogP) is 2.53. The first kappa shape index (κ1) is 9.16. The number of fused-ring (bicyclic) bond motifs is 1. The molecule has 0 fully saturated rings. The first-order chi connectivity index (χ1) is 6.72. The zero-order valence-corrected chi connectivity index (χ0v) is 8.60. The molecular formula is C9H5BrFN3. The standard InChI is InChI=1S/C9H5BrFN3/c10-6-1-2-7-8(5(6)3-4-12)14-9(11)13-7/h1-2H,3H2,(H,13,14). The number of nitriles is 1. The van der Waals surface area contributed by atoms with Crippen LogP contribution in [0.5, 0.6) is 0 Å². The fraction of sp³-hybridized carbons (Fsp3) is 0.111. The van der Waals surface area contributed by atoms with Crippen molar-refractivity contribution in [3.05, 3.63) is 28.2 Å². The molecule has 0 atom stereocenters. The van der Waals surface area contributed by atoms with Crippen molar-refractivity contribution in [3.63, 3.8) is 0 Å². The molecule has 0 aliphatic heterocycles. The minimum atomic E-state index is -0.628. The zero-order chi connectivity index (χ0) is 10.1. The fourth-order valence-electron chi connectivity index (χ4n) is 1.32. The molecule has 0 bridgehead atoms. The van der Waals surface area contributed by atoms with Gasteiger partial charge in [0.15, 0.2) is 0 Å². The molecule has 70 valence electrons. The van der Waals surface area contributed by atoms with Crippen LogP contribution in [0.1, 0.15) is 5.56 Å². The van der Waals surface area contributed by atoms with Crippen molar-refractivity contribution in [3.8, 4) is 6.07 Å². The summed E-state index contributed by atoms with van der Waals surface area (Å²) in [6, 6.07) is 5.51.